The lowest BCUT2D eigenvalue weighted by atomic mass is 10.1. The maximum Gasteiger partial charge on any atom is 0.267 e. The van der Waals surface area contributed by atoms with Crippen LogP contribution >= 0.6 is 0 Å². The highest BCUT2D eigenvalue weighted by Crippen LogP contribution is 2.15. The summed E-state index contributed by atoms with van der Waals surface area (Å²) in [7, 11) is -0.714. The van der Waals surface area contributed by atoms with E-state index in [0.29, 0.717) is 19.3 Å². The molecule has 0 bridgehead atoms. The Kier molecular flexibility index (Phi) is 15.9. The molecule has 2 atom stereocenters. The molecule has 0 radical (unpaired) electrons. The first-order valence-corrected chi connectivity index (χ1v) is 8.77. The number of hydrogen-bond donors (Lipinski definition) is 2. The van der Waals surface area contributed by atoms with E-state index in [0.717, 1.165) is 19.3 Å². The normalized spacial score (nSPS) is 14.2. The Morgan fingerprint density at radius 3 is 1.81 bits per heavy atom. The minimum atomic E-state index is -4.46. The van der Waals surface area contributed by atoms with Gasteiger partial charge in [0.1, 0.15) is 18.1 Å². The number of hydrogen-bond acceptors (Lipinski definition) is 3. The Balaban J connectivity index is 0. The summed E-state index contributed by atoms with van der Waals surface area (Å²) in [4.78, 5) is 0. The van der Waals surface area contributed by atoms with Gasteiger partial charge >= 0.3 is 0 Å². The molecule has 2 unspecified atom stereocenters. The highest BCUT2D eigenvalue weighted by Gasteiger charge is 2.25. The standard InChI is InChI=1S/C11H21F3O3S.C2H7N/c12-8-6-4-2-1-3-5-7-10(13)11(14)9-18(15,16)17;1-3-2/h10-11H,1-9H2,(H,15,16,17);3H,1-2H3. The lowest BCUT2D eigenvalue weighted by Crippen LogP contribution is -2.26. The average molecular weight is 335 g/mol. The zero-order chi connectivity index (χ0) is 16.7. The third-order valence-corrected chi connectivity index (χ3v) is 3.37. The molecular formula is C13H28F3NO3S. The van der Waals surface area contributed by atoms with Gasteiger partial charge in [0, 0.05) is 0 Å². The molecule has 0 saturated heterocycles. The van der Waals surface area contributed by atoms with Crippen molar-refractivity contribution in [1.82, 2.24) is 5.32 Å². The van der Waals surface area contributed by atoms with Crippen molar-refractivity contribution in [3.8, 4) is 0 Å². The fourth-order valence-electron chi connectivity index (χ4n) is 1.63. The number of nitrogens with one attached hydrogen (secondary N) is 1. The molecule has 4 nitrogen and oxygen atoms in total. The molecule has 0 saturated carbocycles. The first-order chi connectivity index (χ1) is 9.78. The van der Waals surface area contributed by atoms with E-state index in [1.165, 1.54) is 0 Å². The molecule has 8 heteroatoms. The maximum absolute atomic E-state index is 13.2. The largest absolute Gasteiger partial charge is 0.323 e. The summed E-state index contributed by atoms with van der Waals surface area (Å²) >= 11 is 0. The maximum atomic E-state index is 13.2. The highest BCUT2D eigenvalue weighted by molar-refractivity contribution is 7.85. The number of unbranched alkanes of at least 4 members (excludes halogenated alkanes) is 5. The highest BCUT2D eigenvalue weighted by atomic mass is 32.2. The van der Waals surface area contributed by atoms with Crippen molar-refractivity contribution >= 4 is 10.1 Å². The monoisotopic (exact) mass is 335 g/mol. The van der Waals surface area contributed by atoms with Crippen molar-refractivity contribution in [2.75, 3.05) is 26.5 Å². The van der Waals surface area contributed by atoms with Crippen LogP contribution in [0.5, 0.6) is 0 Å². The van der Waals surface area contributed by atoms with E-state index in [9.17, 15) is 21.6 Å². The number of rotatable bonds is 11. The van der Waals surface area contributed by atoms with Crippen molar-refractivity contribution in [1.29, 1.82) is 0 Å². The Morgan fingerprint density at radius 2 is 1.38 bits per heavy atom. The molecule has 0 amide bonds. The average Bonchev–Trinajstić information content (AvgIpc) is 2.36. The van der Waals surface area contributed by atoms with Gasteiger partial charge in [-0.25, -0.2) is 8.78 Å². The van der Waals surface area contributed by atoms with Crippen molar-refractivity contribution in [2.24, 2.45) is 0 Å². The molecule has 0 fully saturated rings. The van der Waals surface area contributed by atoms with Crippen molar-refractivity contribution in [3.63, 3.8) is 0 Å². The van der Waals surface area contributed by atoms with Gasteiger partial charge in [0.15, 0.2) is 0 Å². The van der Waals surface area contributed by atoms with Crippen LogP contribution in [-0.2, 0) is 10.1 Å². The lowest BCUT2D eigenvalue weighted by molar-refractivity contribution is 0.169. The second-order valence-electron chi connectivity index (χ2n) is 4.88. The Labute approximate surface area is 126 Å². The minimum Gasteiger partial charge on any atom is -0.323 e. The van der Waals surface area contributed by atoms with Gasteiger partial charge < -0.3 is 5.32 Å². The van der Waals surface area contributed by atoms with Crippen LogP contribution in [0.4, 0.5) is 13.2 Å². The van der Waals surface area contributed by atoms with Crippen LogP contribution in [0.25, 0.3) is 0 Å². The van der Waals surface area contributed by atoms with Crippen LogP contribution in [0.15, 0.2) is 0 Å². The lowest BCUT2D eigenvalue weighted by Gasteiger charge is -2.11. The quantitative estimate of drug-likeness (QED) is 0.450. The predicted molar refractivity (Wildman–Crippen MR) is 79.5 cm³/mol. The van der Waals surface area contributed by atoms with Crippen LogP contribution < -0.4 is 5.32 Å². The van der Waals surface area contributed by atoms with E-state index in [-0.39, 0.29) is 13.1 Å². The fourth-order valence-corrected chi connectivity index (χ4v) is 2.24. The molecule has 0 aliphatic rings. The zero-order valence-corrected chi connectivity index (χ0v) is 13.6. The first kappa shape index (κ1) is 22.9. The summed E-state index contributed by atoms with van der Waals surface area (Å²) in [6.45, 7) is -0.328. The minimum absolute atomic E-state index is 0.0558. The third kappa shape index (κ3) is 19.7. The van der Waals surface area contributed by atoms with Crippen molar-refractivity contribution in [3.05, 3.63) is 0 Å². The summed E-state index contributed by atoms with van der Waals surface area (Å²) < 4.78 is 67.0. The Morgan fingerprint density at radius 1 is 0.952 bits per heavy atom. The van der Waals surface area contributed by atoms with E-state index in [1.54, 1.807) is 0 Å². The van der Waals surface area contributed by atoms with Crippen molar-refractivity contribution in [2.45, 2.75) is 57.3 Å². The smallest absolute Gasteiger partial charge is 0.267 e. The summed E-state index contributed by atoms with van der Waals surface area (Å²) in [5.74, 6) is -1.19. The molecule has 21 heavy (non-hydrogen) atoms. The molecular weight excluding hydrogens is 307 g/mol. The van der Waals surface area contributed by atoms with Gasteiger partial charge in [-0.3, -0.25) is 8.94 Å². The van der Waals surface area contributed by atoms with Crippen molar-refractivity contribution < 1.29 is 26.1 Å². The first-order valence-electron chi connectivity index (χ1n) is 7.16. The molecule has 0 heterocycles. The van der Waals surface area contributed by atoms with Gasteiger partial charge in [0.05, 0.1) is 6.67 Å². The molecule has 2 N–H and O–H groups in total. The second-order valence-corrected chi connectivity index (χ2v) is 6.38. The fraction of sp³-hybridized carbons (Fsp3) is 1.00. The molecule has 0 aromatic rings. The molecule has 0 aromatic carbocycles. The Bertz CT molecular complexity index is 316. The van der Waals surface area contributed by atoms with Crippen LogP contribution in [-0.4, -0.2) is 51.8 Å². The van der Waals surface area contributed by atoms with E-state index in [1.807, 2.05) is 14.1 Å². The predicted octanol–water partition coefficient (Wildman–Crippen LogP) is 3.09. The number of alkyl halides is 3. The summed E-state index contributed by atoms with van der Waals surface area (Å²) in [5.41, 5.74) is 0. The second kappa shape index (κ2) is 14.6. The zero-order valence-electron chi connectivity index (χ0n) is 12.8. The van der Waals surface area contributed by atoms with Gasteiger partial charge in [0.25, 0.3) is 10.1 Å². The molecule has 0 aliphatic carbocycles. The number of halogens is 3. The van der Waals surface area contributed by atoms with Crippen LogP contribution in [0, 0.1) is 0 Å². The third-order valence-electron chi connectivity index (χ3n) is 2.63. The van der Waals surface area contributed by atoms with Gasteiger partial charge in [-0.1, -0.05) is 32.1 Å². The van der Waals surface area contributed by atoms with E-state index in [4.69, 9.17) is 4.55 Å². The molecule has 0 spiro atoms. The van der Waals surface area contributed by atoms with Crippen LogP contribution in [0.1, 0.15) is 44.9 Å². The van der Waals surface area contributed by atoms with Gasteiger partial charge in [-0.2, -0.15) is 8.42 Å². The summed E-state index contributed by atoms with van der Waals surface area (Å²) in [6.07, 6.45) is 0.113. The van der Waals surface area contributed by atoms with Gasteiger partial charge in [-0.15, -0.1) is 0 Å². The molecule has 0 aliphatic heterocycles. The van der Waals surface area contributed by atoms with Gasteiger partial charge in [-0.05, 0) is 26.9 Å². The summed E-state index contributed by atoms with van der Waals surface area (Å²) in [5, 5.41) is 2.75. The van der Waals surface area contributed by atoms with E-state index < -0.39 is 28.2 Å². The topological polar surface area (TPSA) is 66.4 Å². The van der Waals surface area contributed by atoms with Crippen LogP contribution in [0.2, 0.25) is 0 Å². The molecule has 130 valence electrons. The SMILES string of the molecule is CNC.O=S(=O)(O)CC(F)C(F)CCCCCCCCF. The molecule has 0 rings (SSSR count). The van der Waals surface area contributed by atoms with Crippen LogP contribution in [0.3, 0.4) is 0 Å². The Hall–Kier alpha value is -0.340. The summed E-state index contributed by atoms with van der Waals surface area (Å²) in [6, 6.07) is 0. The molecule has 0 aromatic heterocycles. The van der Waals surface area contributed by atoms with E-state index >= 15 is 0 Å². The van der Waals surface area contributed by atoms with E-state index in [2.05, 4.69) is 5.32 Å². The van der Waals surface area contributed by atoms with Gasteiger partial charge in [0.2, 0.25) is 0 Å².